The molecule has 1 aliphatic heterocycles. The fraction of sp³-hybridized carbons (Fsp3) is 0.588. The Morgan fingerprint density at radius 1 is 1.15 bits per heavy atom. The lowest BCUT2D eigenvalue weighted by molar-refractivity contribution is -0.134. The van der Waals surface area contributed by atoms with Crippen molar-refractivity contribution in [3.63, 3.8) is 0 Å². The third-order valence-electron chi connectivity index (χ3n) is 4.25. The molecule has 1 fully saturated rings. The maximum Gasteiger partial charge on any atom is 0.230 e. The lowest BCUT2D eigenvalue weighted by atomic mass is 9.85. The van der Waals surface area contributed by atoms with Gasteiger partial charge in [0.2, 0.25) is 5.91 Å². The monoisotopic (exact) mass is 274 g/mol. The Kier molecular flexibility index (Phi) is 4.81. The summed E-state index contributed by atoms with van der Waals surface area (Å²) in [6.45, 7) is 12.0. The first-order valence-electron chi connectivity index (χ1n) is 7.57. The summed E-state index contributed by atoms with van der Waals surface area (Å²) < 4.78 is 0. The van der Waals surface area contributed by atoms with Gasteiger partial charge in [-0.15, -0.1) is 0 Å². The van der Waals surface area contributed by atoms with Crippen LogP contribution in [0.2, 0.25) is 0 Å². The van der Waals surface area contributed by atoms with E-state index in [-0.39, 0.29) is 11.8 Å². The molecule has 20 heavy (non-hydrogen) atoms. The Morgan fingerprint density at radius 3 is 2.35 bits per heavy atom. The van der Waals surface area contributed by atoms with E-state index < -0.39 is 0 Å². The highest BCUT2D eigenvalue weighted by atomic mass is 16.2. The number of hydrogen-bond donors (Lipinski definition) is 1. The van der Waals surface area contributed by atoms with Crippen LogP contribution in [-0.2, 0) is 4.79 Å². The van der Waals surface area contributed by atoms with E-state index in [4.69, 9.17) is 0 Å². The zero-order valence-corrected chi connectivity index (χ0v) is 13.1. The highest BCUT2D eigenvalue weighted by Gasteiger charge is 2.29. The number of carbonyl (C=O) groups excluding carboxylic acids is 1. The number of nitrogens with zero attached hydrogens (tertiary/aromatic N) is 1. The minimum atomic E-state index is -0.0209. The molecule has 2 rings (SSSR count). The molecule has 0 bridgehead atoms. The first-order valence-corrected chi connectivity index (χ1v) is 7.57. The van der Waals surface area contributed by atoms with Gasteiger partial charge in [-0.1, -0.05) is 32.0 Å². The molecule has 3 nitrogen and oxygen atoms in total. The number of amides is 1. The minimum absolute atomic E-state index is 0.0209. The van der Waals surface area contributed by atoms with Crippen LogP contribution < -0.4 is 5.32 Å². The number of hydrogen-bond acceptors (Lipinski definition) is 2. The predicted octanol–water partition coefficient (Wildman–Crippen LogP) is 2.47. The van der Waals surface area contributed by atoms with Gasteiger partial charge in [0.25, 0.3) is 0 Å². The van der Waals surface area contributed by atoms with Crippen LogP contribution in [0.25, 0.3) is 0 Å². The molecule has 1 N–H and O–H groups in total. The first-order chi connectivity index (χ1) is 9.50. The number of piperazine rings is 1. The largest absolute Gasteiger partial charge is 0.340 e. The average molecular weight is 274 g/mol. The van der Waals surface area contributed by atoms with E-state index in [1.165, 1.54) is 11.1 Å². The molecule has 0 aliphatic carbocycles. The van der Waals surface area contributed by atoms with E-state index in [9.17, 15) is 4.79 Å². The molecule has 110 valence electrons. The van der Waals surface area contributed by atoms with Gasteiger partial charge >= 0.3 is 0 Å². The maximum atomic E-state index is 12.8. The van der Waals surface area contributed by atoms with E-state index in [1.807, 2.05) is 4.90 Å². The molecule has 1 aromatic rings. The van der Waals surface area contributed by atoms with Gasteiger partial charge in [-0.2, -0.15) is 0 Å². The lowest BCUT2D eigenvalue weighted by Crippen LogP contribution is -2.48. The van der Waals surface area contributed by atoms with E-state index in [1.54, 1.807) is 0 Å². The molecule has 1 saturated heterocycles. The van der Waals surface area contributed by atoms with Gasteiger partial charge in [-0.25, -0.2) is 0 Å². The average Bonchev–Trinajstić information content (AvgIpc) is 2.43. The summed E-state index contributed by atoms with van der Waals surface area (Å²) in [4.78, 5) is 14.8. The van der Waals surface area contributed by atoms with E-state index in [2.05, 4.69) is 51.2 Å². The topological polar surface area (TPSA) is 32.3 Å². The number of benzene rings is 1. The first kappa shape index (κ1) is 15.0. The number of nitrogens with one attached hydrogen (secondary N) is 1. The maximum absolute atomic E-state index is 12.8. The van der Waals surface area contributed by atoms with Crippen LogP contribution in [0.15, 0.2) is 18.2 Å². The Hall–Kier alpha value is -1.35. The van der Waals surface area contributed by atoms with Crippen molar-refractivity contribution in [2.75, 3.05) is 26.2 Å². The Morgan fingerprint density at radius 2 is 1.80 bits per heavy atom. The highest BCUT2D eigenvalue weighted by molar-refractivity contribution is 5.84. The van der Waals surface area contributed by atoms with Gasteiger partial charge in [0.1, 0.15) is 0 Å². The molecular formula is C17H26N2O. The third kappa shape index (κ3) is 3.21. The van der Waals surface area contributed by atoms with Crippen molar-refractivity contribution in [1.29, 1.82) is 0 Å². The molecular weight excluding hydrogens is 248 g/mol. The molecule has 0 spiro atoms. The lowest BCUT2D eigenvalue weighted by Gasteiger charge is -2.32. The summed E-state index contributed by atoms with van der Waals surface area (Å²) in [5.41, 5.74) is 3.71. The van der Waals surface area contributed by atoms with Gasteiger partial charge in [-0.05, 0) is 36.5 Å². The quantitative estimate of drug-likeness (QED) is 0.918. The molecule has 1 amide bonds. The molecule has 0 saturated carbocycles. The second-order valence-electron chi connectivity index (χ2n) is 6.14. The van der Waals surface area contributed by atoms with Crippen molar-refractivity contribution in [3.05, 3.63) is 34.9 Å². The molecule has 0 aromatic heterocycles. The van der Waals surface area contributed by atoms with Crippen LogP contribution in [-0.4, -0.2) is 37.0 Å². The van der Waals surface area contributed by atoms with E-state index in [0.29, 0.717) is 5.92 Å². The van der Waals surface area contributed by atoms with Crippen LogP contribution in [0, 0.1) is 19.8 Å². The van der Waals surface area contributed by atoms with Crippen molar-refractivity contribution >= 4 is 5.91 Å². The summed E-state index contributed by atoms with van der Waals surface area (Å²) in [5.74, 6) is 0.580. The van der Waals surface area contributed by atoms with Crippen molar-refractivity contribution in [3.8, 4) is 0 Å². The summed E-state index contributed by atoms with van der Waals surface area (Å²) in [6.07, 6.45) is 0. The molecule has 1 aromatic carbocycles. The van der Waals surface area contributed by atoms with E-state index >= 15 is 0 Å². The molecule has 1 unspecified atom stereocenters. The minimum Gasteiger partial charge on any atom is -0.340 e. The molecule has 0 radical (unpaired) electrons. The van der Waals surface area contributed by atoms with Crippen molar-refractivity contribution in [2.45, 2.75) is 33.6 Å². The van der Waals surface area contributed by atoms with Crippen LogP contribution in [0.1, 0.15) is 36.5 Å². The standard InChI is InChI=1S/C17H26N2O/c1-12(2)16(15-6-5-13(3)14(4)11-15)17(20)19-9-7-18-8-10-19/h5-6,11-12,16,18H,7-10H2,1-4H3. The van der Waals surface area contributed by atoms with Gasteiger partial charge < -0.3 is 10.2 Å². The smallest absolute Gasteiger partial charge is 0.230 e. The van der Waals surface area contributed by atoms with Gasteiger partial charge in [0.15, 0.2) is 0 Å². The van der Waals surface area contributed by atoms with Crippen molar-refractivity contribution < 1.29 is 4.79 Å². The van der Waals surface area contributed by atoms with Crippen LogP contribution in [0.3, 0.4) is 0 Å². The zero-order chi connectivity index (χ0) is 14.7. The van der Waals surface area contributed by atoms with E-state index in [0.717, 1.165) is 31.7 Å². The van der Waals surface area contributed by atoms with Crippen LogP contribution >= 0.6 is 0 Å². The third-order valence-corrected chi connectivity index (χ3v) is 4.25. The Bertz CT molecular complexity index is 476. The molecule has 1 aliphatic rings. The SMILES string of the molecule is Cc1ccc(C(C(=O)N2CCNCC2)C(C)C)cc1C. The molecule has 1 atom stereocenters. The molecule has 1 heterocycles. The van der Waals surface area contributed by atoms with Crippen molar-refractivity contribution in [2.24, 2.45) is 5.92 Å². The Labute approximate surface area is 122 Å². The van der Waals surface area contributed by atoms with Crippen LogP contribution in [0.5, 0.6) is 0 Å². The Balaban J connectivity index is 2.25. The highest BCUT2D eigenvalue weighted by Crippen LogP contribution is 2.28. The second-order valence-corrected chi connectivity index (χ2v) is 6.14. The van der Waals surface area contributed by atoms with Crippen LogP contribution in [0.4, 0.5) is 0 Å². The number of aryl methyl sites for hydroxylation is 2. The predicted molar refractivity (Wildman–Crippen MR) is 82.9 cm³/mol. The van der Waals surface area contributed by atoms with Crippen molar-refractivity contribution in [1.82, 2.24) is 10.2 Å². The summed E-state index contributed by atoms with van der Waals surface area (Å²) in [7, 11) is 0. The van der Waals surface area contributed by atoms with Gasteiger partial charge in [-0.3, -0.25) is 4.79 Å². The zero-order valence-electron chi connectivity index (χ0n) is 13.1. The number of carbonyl (C=O) groups is 1. The summed E-state index contributed by atoms with van der Waals surface area (Å²) >= 11 is 0. The fourth-order valence-electron chi connectivity index (χ4n) is 2.85. The van der Waals surface area contributed by atoms with Gasteiger partial charge in [0.05, 0.1) is 5.92 Å². The normalized spacial score (nSPS) is 17.4. The number of rotatable bonds is 3. The summed E-state index contributed by atoms with van der Waals surface area (Å²) in [5, 5.41) is 3.30. The summed E-state index contributed by atoms with van der Waals surface area (Å²) in [6, 6.07) is 6.43. The fourth-order valence-corrected chi connectivity index (χ4v) is 2.85. The second kappa shape index (κ2) is 6.40. The van der Waals surface area contributed by atoms with Gasteiger partial charge in [0, 0.05) is 26.2 Å². The molecule has 3 heteroatoms.